The molecule has 0 radical (unpaired) electrons. The Bertz CT molecular complexity index is 1880. The van der Waals surface area contributed by atoms with Crippen LogP contribution in [0.1, 0.15) is 40.9 Å². The van der Waals surface area contributed by atoms with Gasteiger partial charge in [0.2, 0.25) is 5.88 Å². The van der Waals surface area contributed by atoms with Gasteiger partial charge in [-0.25, -0.2) is 14.5 Å². The molecule has 1 unspecified atom stereocenters. The first-order chi connectivity index (χ1) is 19.7. The van der Waals surface area contributed by atoms with Crippen molar-refractivity contribution >= 4 is 22.1 Å². The number of methoxy groups -OCH3 is 1. The maximum absolute atomic E-state index is 6.39. The molecule has 3 heterocycles. The first-order valence-electron chi connectivity index (χ1n) is 13.0. The minimum Gasteiger partial charge on any atom is -0.497 e. The Morgan fingerprint density at radius 3 is 2.55 bits per heavy atom. The largest absolute Gasteiger partial charge is 0.497 e. The number of hydrogen-bond acceptors (Lipinski definition) is 7. The zero-order valence-electron chi connectivity index (χ0n) is 22.0. The van der Waals surface area contributed by atoms with Gasteiger partial charge in [0, 0.05) is 11.5 Å². The van der Waals surface area contributed by atoms with Crippen LogP contribution in [0, 0.1) is 0 Å². The van der Waals surface area contributed by atoms with Crippen molar-refractivity contribution in [3.63, 3.8) is 0 Å². The van der Waals surface area contributed by atoms with E-state index in [0.717, 1.165) is 50.2 Å². The molecule has 1 aliphatic rings. The van der Waals surface area contributed by atoms with Gasteiger partial charge in [0.25, 0.3) is 0 Å². The lowest BCUT2D eigenvalue weighted by Gasteiger charge is -2.29. The van der Waals surface area contributed by atoms with Gasteiger partial charge in [-0.05, 0) is 47.0 Å². The smallest absolute Gasteiger partial charge is 0.228 e. The number of nitrogens with zero attached hydrogens (tertiary/aromatic N) is 5. The van der Waals surface area contributed by atoms with E-state index in [2.05, 4.69) is 45.6 Å². The van der Waals surface area contributed by atoms with Gasteiger partial charge in [-0.1, -0.05) is 78.0 Å². The average molecular weight is 528 g/mol. The summed E-state index contributed by atoms with van der Waals surface area (Å²) in [6.07, 6.45) is 1.63. The van der Waals surface area contributed by atoms with E-state index in [1.54, 1.807) is 18.0 Å². The van der Waals surface area contributed by atoms with E-state index < -0.39 is 0 Å². The van der Waals surface area contributed by atoms with Crippen molar-refractivity contribution in [1.29, 1.82) is 0 Å². The number of fused-ring (bicyclic) bond motifs is 6. The minimum absolute atomic E-state index is 0.119. The molecular formula is C32H25N5O3. The van der Waals surface area contributed by atoms with Crippen molar-refractivity contribution in [3.8, 4) is 17.4 Å². The lowest BCUT2D eigenvalue weighted by atomic mass is 9.81. The summed E-state index contributed by atoms with van der Waals surface area (Å²) in [4.78, 5) is 15.2. The maximum Gasteiger partial charge on any atom is 0.228 e. The van der Waals surface area contributed by atoms with E-state index >= 15 is 0 Å². The molecule has 0 saturated heterocycles. The van der Waals surface area contributed by atoms with Gasteiger partial charge in [0.1, 0.15) is 17.8 Å². The fourth-order valence-corrected chi connectivity index (χ4v) is 5.26. The van der Waals surface area contributed by atoms with E-state index in [1.165, 1.54) is 0 Å². The second kappa shape index (κ2) is 9.81. The summed E-state index contributed by atoms with van der Waals surface area (Å²) in [7, 11) is 1.67. The van der Waals surface area contributed by atoms with E-state index in [0.29, 0.717) is 17.4 Å². The second-order valence-electron chi connectivity index (χ2n) is 9.58. The zero-order valence-corrected chi connectivity index (χ0v) is 22.0. The summed E-state index contributed by atoms with van der Waals surface area (Å²) in [5, 5.41) is 11.1. The quantitative estimate of drug-likeness (QED) is 0.181. The number of rotatable bonds is 6. The molecule has 6 aromatic rings. The van der Waals surface area contributed by atoms with Crippen LogP contribution in [-0.2, 0) is 11.4 Å². The fourth-order valence-electron chi connectivity index (χ4n) is 5.26. The molecule has 0 spiro atoms. The fraction of sp³-hybridized carbons (Fsp3) is 0.125. The van der Waals surface area contributed by atoms with E-state index in [4.69, 9.17) is 19.3 Å². The van der Waals surface area contributed by atoms with Crippen molar-refractivity contribution in [2.24, 2.45) is 5.16 Å². The summed E-state index contributed by atoms with van der Waals surface area (Å²) >= 11 is 0. The molecule has 0 fully saturated rings. The Labute approximate surface area is 230 Å². The molecule has 0 N–H and O–H groups in total. The topological polar surface area (TPSA) is 83.1 Å². The molecule has 1 atom stereocenters. The van der Waals surface area contributed by atoms with Crippen molar-refractivity contribution in [3.05, 3.63) is 125 Å². The third-order valence-electron chi connectivity index (χ3n) is 7.18. The molecule has 8 nitrogen and oxygen atoms in total. The molecule has 0 aliphatic carbocycles. The highest BCUT2D eigenvalue weighted by atomic mass is 16.6. The van der Waals surface area contributed by atoms with Gasteiger partial charge in [0.05, 0.1) is 18.4 Å². The highest BCUT2D eigenvalue weighted by Crippen LogP contribution is 2.50. The predicted octanol–water partition coefficient (Wildman–Crippen LogP) is 6.51. The van der Waals surface area contributed by atoms with Crippen LogP contribution in [0.3, 0.4) is 0 Å². The van der Waals surface area contributed by atoms with Crippen LogP contribution < -0.4 is 9.47 Å². The lowest BCUT2D eigenvalue weighted by molar-refractivity contribution is 0.125. The number of hydrogen-bond donors (Lipinski definition) is 0. The molecule has 0 saturated carbocycles. The molecule has 2 aromatic heterocycles. The van der Waals surface area contributed by atoms with Gasteiger partial charge in [-0.2, -0.15) is 0 Å². The summed E-state index contributed by atoms with van der Waals surface area (Å²) < 4.78 is 13.5. The molecule has 0 bridgehead atoms. The van der Waals surface area contributed by atoms with Gasteiger partial charge < -0.3 is 14.3 Å². The van der Waals surface area contributed by atoms with Crippen molar-refractivity contribution in [2.45, 2.75) is 19.4 Å². The molecule has 8 heteroatoms. The summed E-state index contributed by atoms with van der Waals surface area (Å²) in [5.74, 6) is 2.38. The number of aromatic nitrogens is 4. The summed E-state index contributed by atoms with van der Waals surface area (Å²) in [6, 6.07) is 30.4. The third kappa shape index (κ3) is 4.10. The zero-order chi connectivity index (χ0) is 27.1. The highest BCUT2D eigenvalue weighted by molar-refractivity contribution is 5.98. The molecule has 0 amide bonds. The van der Waals surface area contributed by atoms with Gasteiger partial charge in [-0.15, -0.1) is 5.10 Å². The van der Waals surface area contributed by atoms with Crippen molar-refractivity contribution in [1.82, 2.24) is 19.6 Å². The van der Waals surface area contributed by atoms with Crippen LogP contribution in [-0.4, -0.2) is 32.4 Å². The third-order valence-corrected chi connectivity index (χ3v) is 7.18. The SMILES string of the molecule is COc1ccc(C2c3c(ccc4ccccc34)Oc3ncn4nc(CO/N=C(/C)c5ccccc5)nc4c32)cc1. The van der Waals surface area contributed by atoms with Crippen molar-refractivity contribution in [2.75, 3.05) is 7.11 Å². The Hall–Kier alpha value is -5.24. The first kappa shape index (κ1) is 23.8. The molecule has 196 valence electrons. The highest BCUT2D eigenvalue weighted by Gasteiger charge is 2.34. The lowest BCUT2D eigenvalue weighted by Crippen LogP contribution is -2.15. The Morgan fingerprint density at radius 1 is 0.925 bits per heavy atom. The van der Waals surface area contributed by atoms with Crippen LogP contribution in [0.15, 0.2) is 102 Å². The van der Waals surface area contributed by atoms with Gasteiger partial charge in [0.15, 0.2) is 18.1 Å². The van der Waals surface area contributed by atoms with E-state index in [9.17, 15) is 0 Å². The molecule has 4 aromatic carbocycles. The maximum atomic E-state index is 6.39. The molecular weight excluding hydrogens is 502 g/mol. The Balaban J connectivity index is 1.33. The first-order valence-corrected chi connectivity index (χ1v) is 13.0. The van der Waals surface area contributed by atoms with Crippen LogP contribution in [0.2, 0.25) is 0 Å². The van der Waals surface area contributed by atoms with Crippen molar-refractivity contribution < 1.29 is 14.3 Å². The monoisotopic (exact) mass is 527 g/mol. The van der Waals surface area contributed by atoms with Gasteiger partial charge in [-0.3, -0.25) is 0 Å². The summed E-state index contributed by atoms with van der Waals surface area (Å²) in [6.45, 7) is 2.03. The number of benzene rings is 4. The van der Waals surface area contributed by atoms with Crippen LogP contribution >= 0.6 is 0 Å². The normalized spacial score (nSPS) is 14.4. The van der Waals surface area contributed by atoms with Crippen LogP contribution in [0.4, 0.5) is 0 Å². The molecule has 1 aliphatic heterocycles. The average Bonchev–Trinajstić information content (AvgIpc) is 3.43. The standard InChI is InChI=1S/C32H25N5O3/c1-20(21-8-4-3-5-9-21)36-39-18-27-34-31-30-28(23-12-15-24(38-2)16-13-23)29-25-11-7-6-10-22(25)14-17-26(29)40-32(30)33-19-37(31)35-27/h3-17,19,28H,18H2,1-2H3/b36-20-. The van der Waals surface area contributed by atoms with Gasteiger partial charge >= 0.3 is 0 Å². The summed E-state index contributed by atoms with van der Waals surface area (Å²) in [5.41, 5.74) is 5.41. The van der Waals surface area contributed by atoms with Crippen LogP contribution in [0.5, 0.6) is 17.4 Å². The Morgan fingerprint density at radius 2 is 1.73 bits per heavy atom. The molecule has 40 heavy (non-hydrogen) atoms. The Kier molecular flexibility index (Phi) is 5.85. The number of oxime groups is 1. The second-order valence-corrected chi connectivity index (χ2v) is 9.58. The predicted molar refractivity (Wildman–Crippen MR) is 152 cm³/mol. The van der Waals surface area contributed by atoms with Crippen LogP contribution in [0.25, 0.3) is 16.4 Å². The van der Waals surface area contributed by atoms with E-state index in [-0.39, 0.29) is 12.5 Å². The number of ether oxygens (including phenoxy) is 2. The van der Waals surface area contributed by atoms with E-state index in [1.807, 2.05) is 67.6 Å². The molecule has 7 rings (SSSR count). The minimum atomic E-state index is -0.191.